The van der Waals surface area contributed by atoms with Gasteiger partial charge < -0.3 is 0 Å². The highest BCUT2D eigenvalue weighted by atomic mass is 79.9. The van der Waals surface area contributed by atoms with E-state index in [2.05, 4.69) is 22.9 Å². The third kappa shape index (κ3) is 4.68. The second-order valence-electron chi connectivity index (χ2n) is 3.84. The summed E-state index contributed by atoms with van der Waals surface area (Å²) in [4.78, 5) is 11.3. The summed E-state index contributed by atoms with van der Waals surface area (Å²) in [5, 5.41) is 11.8. The third-order valence-corrected chi connectivity index (χ3v) is 4.66. The van der Waals surface area contributed by atoms with E-state index >= 15 is 0 Å². The fourth-order valence-corrected chi connectivity index (χ4v) is 3.57. The van der Waals surface area contributed by atoms with Crippen LogP contribution in [0.5, 0.6) is 0 Å². The van der Waals surface area contributed by atoms with Gasteiger partial charge in [-0.2, -0.15) is 0 Å². The standard InChI is InChI=1S/C12H16BrNO2S/c1-2-5-10(8-13)9-17-12-7-4-3-6-11(12)14(15)16/h3-4,6-7,10H,2,5,8-9H2,1H3. The molecule has 1 rings (SSSR count). The largest absolute Gasteiger partial charge is 0.282 e. The van der Waals surface area contributed by atoms with Gasteiger partial charge in [-0.05, 0) is 18.4 Å². The molecule has 0 N–H and O–H groups in total. The van der Waals surface area contributed by atoms with Gasteiger partial charge in [-0.1, -0.05) is 41.4 Å². The minimum absolute atomic E-state index is 0.210. The van der Waals surface area contributed by atoms with Gasteiger partial charge in [0.2, 0.25) is 0 Å². The van der Waals surface area contributed by atoms with E-state index in [9.17, 15) is 10.1 Å². The molecule has 0 spiro atoms. The van der Waals surface area contributed by atoms with Crippen LogP contribution in [0.3, 0.4) is 0 Å². The van der Waals surface area contributed by atoms with Crippen molar-refractivity contribution in [2.24, 2.45) is 5.92 Å². The first-order valence-electron chi connectivity index (χ1n) is 5.61. The Kier molecular flexibility index (Phi) is 6.58. The first kappa shape index (κ1) is 14.5. The molecule has 0 aromatic heterocycles. The van der Waals surface area contributed by atoms with Crippen LogP contribution in [-0.4, -0.2) is 16.0 Å². The Balaban J connectivity index is 2.65. The molecule has 0 fully saturated rings. The van der Waals surface area contributed by atoms with Crippen molar-refractivity contribution in [1.82, 2.24) is 0 Å². The minimum Gasteiger partial charge on any atom is -0.258 e. The third-order valence-electron chi connectivity index (χ3n) is 2.45. The molecule has 1 aromatic rings. The van der Waals surface area contributed by atoms with Crippen LogP contribution < -0.4 is 0 Å². The lowest BCUT2D eigenvalue weighted by molar-refractivity contribution is -0.387. The van der Waals surface area contributed by atoms with Crippen molar-refractivity contribution >= 4 is 33.4 Å². The van der Waals surface area contributed by atoms with Crippen molar-refractivity contribution < 1.29 is 4.92 Å². The molecule has 0 amide bonds. The van der Waals surface area contributed by atoms with Crippen LogP contribution >= 0.6 is 27.7 Å². The number of thioether (sulfide) groups is 1. The number of alkyl halides is 1. The van der Waals surface area contributed by atoms with Crippen molar-refractivity contribution in [2.75, 3.05) is 11.1 Å². The van der Waals surface area contributed by atoms with Gasteiger partial charge in [0, 0.05) is 17.1 Å². The van der Waals surface area contributed by atoms with Crippen LogP contribution in [0.2, 0.25) is 0 Å². The summed E-state index contributed by atoms with van der Waals surface area (Å²) in [7, 11) is 0. The second-order valence-corrected chi connectivity index (χ2v) is 5.55. The van der Waals surface area contributed by atoms with Crippen LogP contribution in [0, 0.1) is 16.0 Å². The van der Waals surface area contributed by atoms with Crippen LogP contribution in [0.15, 0.2) is 29.2 Å². The lowest BCUT2D eigenvalue weighted by atomic mass is 10.1. The van der Waals surface area contributed by atoms with Gasteiger partial charge in [0.1, 0.15) is 0 Å². The SMILES string of the molecule is CCCC(CBr)CSc1ccccc1[N+](=O)[O-]. The summed E-state index contributed by atoms with van der Waals surface area (Å²) in [6, 6.07) is 6.93. The number of nitro groups is 1. The highest BCUT2D eigenvalue weighted by Crippen LogP contribution is 2.31. The molecule has 5 heteroatoms. The number of rotatable bonds is 7. The average molecular weight is 318 g/mol. The normalized spacial score (nSPS) is 12.4. The summed E-state index contributed by atoms with van der Waals surface area (Å²) >= 11 is 5.07. The molecule has 0 heterocycles. The maximum absolute atomic E-state index is 10.8. The topological polar surface area (TPSA) is 43.1 Å². The monoisotopic (exact) mass is 317 g/mol. The fraction of sp³-hybridized carbons (Fsp3) is 0.500. The predicted octanol–water partition coefficient (Wildman–Crippen LogP) is 4.50. The van der Waals surface area contributed by atoms with Gasteiger partial charge in [-0.3, -0.25) is 10.1 Å². The molecule has 0 saturated heterocycles. The first-order chi connectivity index (χ1) is 8.19. The van der Waals surface area contributed by atoms with Gasteiger partial charge in [-0.15, -0.1) is 11.8 Å². The molecule has 0 saturated carbocycles. The smallest absolute Gasteiger partial charge is 0.258 e. The number of nitrogens with zero attached hydrogens (tertiary/aromatic N) is 1. The Labute approximate surface area is 114 Å². The molecular formula is C12H16BrNO2S. The summed E-state index contributed by atoms with van der Waals surface area (Å²) in [6.07, 6.45) is 2.30. The van der Waals surface area contributed by atoms with Crippen LogP contribution in [0.1, 0.15) is 19.8 Å². The Hall–Kier alpha value is -0.550. The summed E-state index contributed by atoms with van der Waals surface area (Å²) < 4.78 is 0. The molecule has 0 aliphatic heterocycles. The summed E-state index contributed by atoms with van der Waals surface area (Å²) in [5.74, 6) is 1.49. The number of para-hydroxylation sites is 1. The molecule has 0 aliphatic carbocycles. The maximum Gasteiger partial charge on any atom is 0.282 e. The highest BCUT2D eigenvalue weighted by Gasteiger charge is 2.14. The predicted molar refractivity (Wildman–Crippen MR) is 76.0 cm³/mol. The Morgan fingerprint density at radius 2 is 2.18 bits per heavy atom. The van der Waals surface area contributed by atoms with E-state index in [1.54, 1.807) is 23.9 Å². The van der Waals surface area contributed by atoms with Gasteiger partial charge in [0.25, 0.3) is 5.69 Å². The van der Waals surface area contributed by atoms with Gasteiger partial charge >= 0.3 is 0 Å². The Morgan fingerprint density at radius 3 is 2.76 bits per heavy atom. The second kappa shape index (κ2) is 7.71. The number of nitro benzene ring substituents is 1. The van der Waals surface area contributed by atoms with E-state index in [1.807, 2.05) is 12.1 Å². The van der Waals surface area contributed by atoms with E-state index in [0.717, 1.165) is 28.8 Å². The molecule has 3 nitrogen and oxygen atoms in total. The van der Waals surface area contributed by atoms with E-state index in [1.165, 1.54) is 0 Å². The van der Waals surface area contributed by atoms with Crippen molar-refractivity contribution in [2.45, 2.75) is 24.7 Å². The summed E-state index contributed by atoms with van der Waals surface area (Å²) in [5.41, 5.74) is 0.210. The molecule has 1 aromatic carbocycles. The van der Waals surface area contributed by atoms with Crippen LogP contribution in [-0.2, 0) is 0 Å². The molecular weight excluding hydrogens is 302 g/mol. The van der Waals surface area contributed by atoms with E-state index in [0.29, 0.717) is 5.92 Å². The molecule has 94 valence electrons. The highest BCUT2D eigenvalue weighted by molar-refractivity contribution is 9.09. The Bertz CT molecular complexity index is 373. The minimum atomic E-state index is -0.314. The number of benzene rings is 1. The van der Waals surface area contributed by atoms with Crippen molar-refractivity contribution in [3.05, 3.63) is 34.4 Å². The van der Waals surface area contributed by atoms with Gasteiger partial charge in [0.05, 0.1) is 9.82 Å². The maximum atomic E-state index is 10.8. The van der Waals surface area contributed by atoms with Crippen LogP contribution in [0.25, 0.3) is 0 Å². The number of hydrogen-bond acceptors (Lipinski definition) is 3. The molecule has 0 bridgehead atoms. The first-order valence-corrected chi connectivity index (χ1v) is 7.72. The quantitative estimate of drug-likeness (QED) is 0.322. The van der Waals surface area contributed by atoms with E-state index in [4.69, 9.17) is 0 Å². The zero-order valence-corrected chi connectivity index (χ0v) is 12.2. The van der Waals surface area contributed by atoms with E-state index < -0.39 is 0 Å². The average Bonchev–Trinajstić information content (AvgIpc) is 2.34. The lowest BCUT2D eigenvalue weighted by Crippen LogP contribution is -2.05. The zero-order chi connectivity index (χ0) is 12.7. The van der Waals surface area contributed by atoms with Crippen LogP contribution in [0.4, 0.5) is 5.69 Å². The Morgan fingerprint density at radius 1 is 1.47 bits per heavy atom. The fourth-order valence-electron chi connectivity index (χ4n) is 1.55. The van der Waals surface area contributed by atoms with Gasteiger partial charge in [0.15, 0.2) is 0 Å². The van der Waals surface area contributed by atoms with E-state index in [-0.39, 0.29) is 10.6 Å². The van der Waals surface area contributed by atoms with Crippen molar-refractivity contribution in [3.8, 4) is 0 Å². The molecule has 1 unspecified atom stereocenters. The molecule has 1 atom stereocenters. The molecule has 17 heavy (non-hydrogen) atoms. The summed E-state index contributed by atoms with van der Waals surface area (Å²) in [6.45, 7) is 2.16. The van der Waals surface area contributed by atoms with Gasteiger partial charge in [-0.25, -0.2) is 0 Å². The molecule has 0 radical (unpaired) electrons. The molecule has 0 aliphatic rings. The van der Waals surface area contributed by atoms with Crippen molar-refractivity contribution in [3.63, 3.8) is 0 Å². The lowest BCUT2D eigenvalue weighted by Gasteiger charge is -2.12. The van der Waals surface area contributed by atoms with Crippen molar-refractivity contribution in [1.29, 1.82) is 0 Å². The number of halogens is 1. The zero-order valence-electron chi connectivity index (χ0n) is 9.77. The number of hydrogen-bond donors (Lipinski definition) is 0.